The number of aliphatic hydroxyl groups excluding tert-OH is 1. The summed E-state index contributed by atoms with van der Waals surface area (Å²) in [6.07, 6.45) is -0.811. The molecule has 0 saturated carbocycles. The molecule has 0 bridgehead atoms. The van der Waals surface area contributed by atoms with E-state index in [0.29, 0.717) is 0 Å². The van der Waals surface area contributed by atoms with Gasteiger partial charge in [-0.25, -0.2) is 8.78 Å². The third-order valence-electron chi connectivity index (χ3n) is 2.08. The lowest BCUT2D eigenvalue weighted by atomic mass is 10.0. The van der Waals surface area contributed by atoms with Crippen LogP contribution in [0.15, 0.2) is 12.1 Å². The molecule has 14 heavy (non-hydrogen) atoms. The van der Waals surface area contributed by atoms with Gasteiger partial charge in [-0.05, 0) is 37.6 Å². The van der Waals surface area contributed by atoms with E-state index in [4.69, 9.17) is 5.73 Å². The lowest BCUT2D eigenvalue weighted by Gasteiger charge is -2.11. The van der Waals surface area contributed by atoms with Crippen molar-refractivity contribution in [2.24, 2.45) is 5.73 Å². The van der Waals surface area contributed by atoms with Gasteiger partial charge in [0.15, 0.2) is 0 Å². The molecule has 0 unspecified atom stereocenters. The highest BCUT2D eigenvalue weighted by Crippen LogP contribution is 2.22. The number of benzene rings is 1. The largest absolute Gasteiger partial charge is 0.388 e. The maximum Gasteiger partial charge on any atom is 0.129 e. The molecule has 0 radical (unpaired) electrons. The van der Waals surface area contributed by atoms with Crippen LogP contribution in [0.5, 0.6) is 0 Å². The number of aryl methyl sites for hydroxylation is 1. The van der Waals surface area contributed by atoms with Crippen LogP contribution in [0.4, 0.5) is 8.78 Å². The van der Waals surface area contributed by atoms with E-state index < -0.39 is 17.7 Å². The Morgan fingerprint density at radius 3 is 2.57 bits per heavy atom. The maximum atomic E-state index is 13.2. The first-order valence-corrected chi connectivity index (χ1v) is 4.40. The van der Waals surface area contributed by atoms with E-state index in [1.165, 1.54) is 6.92 Å². The van der Waals surface area contributed by atoms with Crippen molar-refractivity contribution in [2.75, 3.05) is 6.54 Å². The fraction of sp³-hybridized carbons (Fsp3) is 0.400. The van der Waals surface area contributed by atoms with Gasteiger partial charge in [0.2, 0.25) is 0 Å². The van der Waals surface area contributed by atoms with Crippen molar-refractivity contribution in [1.29, 1.82) is 0 Å². The third kappa shape index (κ3) is 2.27. The van der Waals surface area contributed by atoms with Crippen molar-refractivity contribution in [1.82, 2.24) is 0 Å². The second kappa shape index (κ2) is 4.48. The Kier molecular flexibility index (Phi) is 3.55. The molecule has 0 aromatic heterocycles. The van der Waals surface area contributed by atoms with E-state index in [-0.39, 0.29) is 24.1 Å². The van der Waals surface area contributed by atoms with E-state index in [1.54, 1.807) is 0 Å². The molecule has 0 spiro atoms. The summed E-state index contributed by atoms with van der Waals surface area (Å²) >= 11 is 0. The van der Waals surface area contributed by atoms with E-state index in [1.807, 2.05) is 0 Å². The molecule has 0 saturated heterocycles. The number of hydrogen-bond donors (Lipinski definition) is 2. The Bertz CT molecular complexity index is 328. The zero-order valence-corrected chi connectivity index (χ0v) is 7.93. The fourth-order valence-corrected chi connectivity index (χ4v) is 1.23. The summed E-state index contributed by atoms with van der Waals surface area (Å²) in [6.45, 7) is 1.70. The van der Waals surface area contributed by atoms with Crippen LogP contribution in [-0.2, 0) is 0 Å². The van der Waals surface area contributed by atoms with Crippen molar-refractivity contribution in [3.05, 3.63) is 34.9 Å². The molecule has 0 fully saturated rings. The number of aliphatic hydroxyl groups is 1. The molecule has 0 aliphatic heterocycles. The van der Waals surface area contributed by atoms with Crippen molar-refractivity contribution in [2.45, 2.75) is 19.4 Å². The molecule has 4 heteroatoms. The summed E-state index contributed by atoms with van der Waals surface area (Å²) in [6, 6.07) is 2.09. The molecule has 0 amide bonds. The minimum absolute atomic E-state index is 0.0291. The molecule has 78 valence electrons. The van der Waals surface area contributed by atoms with Crippen LogP contribution in [0, 0.1) is 18.6 Å². The highest BCUT2D eigenvalue weighted by Gasteiger charge is 2.14. The summed E-state index contributed by atoms with van der Waals surface area (Å²) < 4.78 is 26.3. The maximum absolute atomic E-state index is 13.2. The molecule has 3 N–H and O–H groups in total. The number of halogens is 2. The standard InChI is InChI=1S/C10H13F2NO/c1-6-4-9(12)7(5-8(6)11)10(14)2-3-13/h4-5,10,14H,2-3,13H2,1H3/t10-/m1/s1. The molecule has 1 atom stereocenters. The van der Waals surface area contributed by atoms with Crippen LogP contribution < -0.4 is 5.73 Å². The Morgan fingerprint density at radius 1 is 1.36 bits per heavy atom. The predicted octanol–water partition coefficient (Wildman–Crippen LogP) is 1.66. The molecule has 1 aromatic carbocycles. The first kappa shape index (κ1) is 11.1. The van der Waals surface area contributed by atoms with Gasteiger partial charge >= 0.3 is 0 Å². The molecule has 0 heterocycles. The van der Waals surface area contributed by atoms with E-state index in [0.717, 1.165) is 12.1 Å². The summed E-state index contributed by atoms with van der Waals surface area (Å²) in [5.74, 6) is -1.11. The van der Waals surface area contributed by atoms with Crippen molar-refractivity contribution >= 4 is 0 Å². The van der Waals surface area contributed by atoms with Crippen LogP contribution in [0.2, 0.25) is 0 Å². The second-order valence-electron chi connectivity index (χ2n) is 3.22. The lowest BCUT2D eigenvalue weighted by molar-refractivity contribution is 0.165. The van der Waals surface area contributed by atoms with E-state index in [9.17, 15) is 13.9 Å². The first-order chi connectivity index (χ1) is 6.56. The van der Waals surface area contributed by atoms with Crippen molar-refractivity contribution in [3.8, 4) is 0 Å². The van der Waals surface area contributed by atoms with Crippen LogP contribution >= 0.6 is 0 Å². The monoisotopic (exact) mass is 201 g/mol. The SMILES string of the molecule is Cc1cc(F)c([C@H](O)CCN)cc1F. The van der Waals surface area contributed by atoms with Crippen LogP contribution in [0.1, 0.15) is 23.7 Å². The quantitative estimate of drug-likeness (QED) is 0.781. The molecule has 1 rings (SSSR count). The van der Waals surface area contributed by atoms with E-state index >= 15 is 0 Å². The van der Waals surface area contributed by atoms with Crippen LogP contribution in [0.25, 0.3) is 0 Å². The zero-order chi connectivity index (χ0) is 10.7. The molecule has 1 aromatic rings. The summed E-state index contributed by atoms with van der Waals surface area (Å²) in [4.78, 5) is 0. The molecular formula is C10H13F2NO. The highest BCUT2D eigenvalue weighted by atomic mass is 19.1. The Labute approximate surface area is 81.4 Å². The van der Waals surface area contributed by atoms with Gasteiger partial charge in [0, 0.05) is 5.56 Å². The zero-order valence-electron chi connectivity index (χ0n) is 7.93. The molecule has 0 aliphatic carbocycles. The van der Waals surface area contributed by atoms with Gasteiger partial charge in [-0.3, -0.25) is 0 Å². The van der Waals surface area contributed by atoms with Crippen LogP contribution in [-0.4, -0.2) is 11.7 Å². The Balaban J connectivity index is 3.02. The predicted molar refractivity (Wildman–Crippen MR) is 49.7 cm³/mol. The molecule has 2 nitrogen and oxygen atoms in total. The van der Waals surface area contributed by atoms with Gasteiger partial charge in [0.25, 0.3) is 0 Å². The first-order valence-electron chi connectivity index (χ1n) is 4.40. The normalized spacial score (nSPS) is 12.9. The number of nitrogens with two attached hydrogens (primary N) is 1. The Morgan fingerprint density at radius 2 is 2.00 bits per heavy atom. The second-order valence-corrected chi connectivity index (χ2v) is 3.22. The van der Waals surface area contributed by atoms with Gasteiger partial charge in [-0.1, -0.05) is 0 Å². The smallest absolute Gasteiger partial charge is 0.129 e. The molecule has 0 aliphatic rings. The average Bonchev–Trinajstić information content (AvgIpc) is 2.11. The minimum atomic E-state index is -1.03. The average molecular weight is 201 g/mol. The minimum Gasteiger partial charge on any atom is -0.388 e. The van der Waals surface area contributed by atoms with Gasteiger partial charge in [0.05, 0.1) is 6.10 Å². The van der Waals surface area contributed by atoms with Gasteiger partial charge in [0.1, 0.15) is 11.6 Å². The van der Waals surface area contributed by atoms with Crippen molar-refractivity contribution in [3.63, 3.8) is 0 Å². The van der Waals surface area contributed by atoms with Gasteiger partial charge in [-0.2, -0.15) is 0 Å². The third-order valence-corrected chi connectivity index (χ3v) is 2.08. The fourth-order valence-electron chi connectivity index (χ4n) is 1.23. The van der Waals surface area contributed by atoms with E-state index in [2.05, 4.69) is 0 Å². The van der Waals surface area contributed by atoms with Gasteiger partial charge in [-0.15, -0.1) is 0 Å². The van der Waals surface area contributed by atoms with Crippen LogP contribution in [0.3, 0.4) is 0 Å². The number of rotatable bonds is 3. The lowest BCUT2D eigenvalue weighted by Crippen LogP contribution is -2.09. The van der Waals surface area contributed by atoms with Crippen molar-refractivity contribution < 1.29 is 13.9 Å². The summed E-state index contributed by atoms with van der Waals surface area (Å²) in [5.41, 5.74) is 5.41. The summed E-state index contributed by atoms with van der Waals surface area (Å²) in [7, 11) is 0. The molecular weight excluding hydrogens is 188 g/mol. The van der Waals surface area contributed by atoms with Gasteiger partial charge < -0.3 is 10.8 Å². The Hall–Kier alpha value is -1.00. The number of hydrogen-bond acceptors (Lipinski definition) is 2. The highest BCUT2D eigenvalue weighted by molar-refractivity contribution is 5.26. The summed E-state index contributed by atoms with van der Waals surface area (Å²) in [5, 5.41) is 9.43. The topological polar surface area (TPSA) is 46.2 Å².